The molecule has 3 N–H and O–H groups in total. The normalized spacial score (nSPS) is 11.4. The average molecular weight is 258 g/mol. The van der Waals surface area contributed by atoms with E-state index in [2.05, 4.69) is 5.32 Å². The van der Waals surface area contributed by atoms with Crippen LogP contribution in [0.3, 0.4) is 0 Å². The molecule has 1 amide bonds. The van der Waals surface area contributed by atoms with E-state index in [1.54, 1.807) is 13.8 Å². The number of hydrogen-bond donors (Lipinski definition) is 2. The van der Waals surface area contributed by atoms with E-state index in [-0.39, 0.29) is 17.9 Å². The van der Waals surface area contributed by atoms with Gasteiger partial charge in [-0.3, -0.25) is 4.79 Å². The van der Waals surface area contributed by atoms with E-state index in [0.29, 0.717) is 6.07 Å². The van der Waals surface area contributed by atoms with Gasteiger partial charge in [0.05, 0.1) is 23.4 Å². The van der Waals surface area contributed by atoms with Crippen LogP contribution in [0.2, 0.25) is 0 Å². The van der Waals surface area contributed by atoms with Crippen LogP contribution in [0.15, 0.2) is 12.1 Å². The summed E-state index contributed by atoms with van der Waals surface area (Å²) < 4.78 is 31.3. The zero-order valence-corrected chi connectivity index (χ0v) is 10.5. The molecule has 0 aliphatic heterocycles. The largest absolute Gasteiger partial charge is 0.396 e. The highest BCUT2D eigenvalue weighted by molar-refractivity contribution is 5.95. The maximum atomic E-state index is 13.5. The van der Waals surface area contributed by atoms with Gasteiger partial charge in [0.1, 0.15) is 11.6 Å². The van der Waals surface area contributed by atoms with E-state index >= 15 is 0 Å². The van der Waals surface area contributed by atoms with Gasteiger partial charge in [-0.05, 0) is 19.9 Å². The molecule has 0 atom stereocenters. The van der Waals surface area contributed by atoms with E-state index in [0.717, 1.165) is 6.07 Å². The molecule has 1 rings (SSSR count). The lowest BCUT2D eigenvalue weighted by molar-refractivity contribution is 0.0816. The van der Waals surface area contributed by atoms with Gasteiger partial charge in [-0.1, -0.05) is 0 Å². The summed E-state index contributed by atoms with van der Waals surface area (Å²) in [6.45, 7) is 3.70. The van der Waals surface area contributed by atoms with Gasteiger partial charge >= 0.3 is 0 Å². The number of methoxy groups -OCH3 is 1. The molecule has 0 saturated carbocycles. The number of ether oxygens (including phenoxy) is 1. The fourth-order valence-electron chi connectivity index (χ4n) is 1.51. The number of nitrogens with two attached hydrogens (primary N) is 1. The number of carbonyl (C=O) groups is 1. The summed E-state index contributed by atoms with van der Waals surface area (Å²) in [4.78, 5) is 11.8. The molecule has 1 aromatic rings. The Kier molecular flexibility index (Phi) is 4.24. The van der Waals surface area contributed by atoms with Gasteiger partial charge in [0.25, 0.3) is 5.91 Å². The quantitative estimate of drug-likeness (QED) is 0.808. The molecule has 18 heavy (non-hydrogen) atoms. The number of nitrogens with one attached hydrogen (secondary N) is 1. The van der Waals surface area contributed by atoms with Gasteiger partial charge in [-0.25, -0.2) is 8.78 Å². The van der Waals surface area contributed by atoms with Crippen molar-refractivity contribution in [3.05, 3.63) is 29.3 Å². The lowest BCUT2D eigenvalue weighted by Crippen LogP contribution is -2.47. The number of carbonyl (C=O) groups excluding carboxylic acids is 1. The van der Waals surface area contributed by atoms with Crippen molar-refractivity contribution in [1.82, 2.24) is 5.32 Å². The van der Waals surface area contributed by atoms with Crippen molar-refractivity contribution in [3.63, 3.8) is 0 Å². The van der Waals surface area contributed by atoms with Gasteiger partial charge in [0.2, 0.25) is 0 Å². The standard InChI is InChI=1S/C12H16F2N2O2/c1-12(2,6-18-3)16-11(17)7-4-10(15)9(14)5-8(7)13/h4-5H,6,15H2,1-3H3,(H,16,17). The minimum Gasteiger partial charge on any atom is -0.396 e. The zero-order chi connectivity index (χ0) is 13.9. The molecular formula is C12H16F2N2O2. The Morgan fingerprint density at radius 2 is 2.00 bits per heavy atom. The zero-order valence-electron chi connectivity index (χ0n) is 10.5. The Balaban J connectivity index is 2.95. The summed E-state index contributed by atoms with van der Waals surface area (Å²) in [5, 5.41) is 2.58. The Bertz CT molecular complexity index is 462. The third kappa shape index (κ3) is 3.40. The number of nitrogen functional groups attached to an aromatic ring is 1. The highest BCUT2D eigenvalue weighted by Gasteiger charge is 2.23. The van der Waals surface area contributed by atoms with Crippen LogP contribution in [-0.4, -0.2) is 25.2 Å². The van der Waals surface area contributed by atoms with Gasteiger partial charge in [-0.15, -0.1) is 0 Å². The molecule has 1 aromatic carbocycles. The fourth-order valence-corrected chi connectivity index (χ4v) is 1.51. The smallest absolute Gasteiger partial charge is 0.254 e. The summed E-state index contributed by atoms with van der Waals surface area (Å²) in [7, 11) is 1.49. The molecular weight excluding hydrogens is 242 g/mol. The Morgan fingerprint density at radius 1 is 1.39 bits per heavy atom. The first kappa shape index (κ1) is 14.4. The van der Waals surface area contributed by atoms with Crippen LogP contribution in [0.1, 0.15) is 24.2 Å². The fraction of sp³-hybridized carbons (Fsp3) is 0.417. The second-order valence-electron chi connectivity index (χ2n) is 4.62. The minimum absolute atomic E-state index is 0.261. The lowest BCUT2D eigenvalue weighted by Gasteiger charge is -2.25. The van der Waals surface area contributed by atoms with Crippen molar-refractivity contribution in [2.75, 3.05) is 19.5 Å². The first-order valence-electron chi connectivity index (χ1n) is 5.33. The predicted octanol–water partition coefficient (Wildman–Crippen LogP) is 1.70. The van der Waals surface area contributed by atoms with Crippen LogP contribution in [0.5, 0.6) is 0 Å². The number of anilines is 1. The highest BCUT2D eigenvalue weighted by Crippen LogP contribution is 2.17. The van der Waals surface area contributed by atoms with Gasteiger partial charge < -0.3 is 15.8 Å². The third-order valence-electron chi connectivity index (χ3n) is 2.29. The Morgan fingerprint density at radius 3 is 2.56 bits per heavy atom. The van der Waals surface area contributed by atoms with Crippen LogP contribution < -0.4 is 11.1 Å². The SMILES string of the molecule is COCC(C)(C)NC(=O)c1cc(N)c(F)cc1F. The maximum Gasteiger partial charge on any atom is 0.254 e. The van der Waals surface area contributed by atoms with Crippen LogP contribution in [-0.2, 0) is 4.74 Å². The maximum absolute atomic E-state index is 13.5. The number of rotatable bonds is 4. The van der Waals surface area contributed by atoms with Crippen molar-refractivity contribution in [3.8, 4) is 0 Å². The highest BCUT2D eigenvalue weighted by atomic mass is 19.1. The second kappa shape index (κ2) is 5.30. The molecule has 6 heteroatoms. The van der Waals surface area contributed by atoms with Crippen molar-refractivity contribution >= 4 is 11.6 Å². The van der Waals surface area contributed by atoms with E-state index in [9.17, 15) is 13.6 Å². The van der Waals surface area contributed by atoms with Crippen LogP contribution in [0.4, 0.5) is 14.5 Å². The van der Waals surface area contributed by atoms with Crippen molar-refractivity contribution in [2.24, 2.45) is 0 Å². The molecule has 0 unspecified atom stereocenters. The molecule has 4 nitrogen and oxygen atoms in total. The molecule has 0 bridgehead atoms. The van der Waals surface area contributed by atoms with Crippen LogP contribution >= 0.6 is 0 Å². The lowest BCUT2D eigenvalue weighted by atomic mass is 10.1. The van der Waals surface area contributed by atoms with Crippen LogP contribution in [0.25, 0.3) is 0 Å². The van der Waals surface area contributed by atoms with Crippen molar-refractivity contribution in [1.29, 1.82) is 0 Å². The molecule has 0 aromatic heterocycles. The van der Waals surface area contributed by atoms with E-state index < -0.39 is 23.1 Å². The molecule has 0 fully saturated rings. The number of amides is 1. The van der Waals surface area contributed by atoms with Gasteiger partial charge in [0, 0.05) is 13.2 Å². The molecule has 0 saturated heterocycles. The second-order valence-corrected chi connectivity index (χ2v) is 4.62. The molecule has 0 heterocycles. The predicted molar refractivity (Wildman–Crippen MR) is 64.2 cm³/mol. The van der Waals surface area contributed by atoms with Crippen molar-refractivity contribution in [2.45, 2.75) is 19.4 Å². The van der Waals surface area contributed by atoms with E-state index in [4.69, 9.17) is 10.5 Å². The molecule has 0 aliphatic rings. The van der Waals surface area contributed by atoms with Crippen molar-refractivity contribution < 1.29 is 18.3 Å². The topological polar surface area (TPSA) is 64.3 Å². The Hall–Kier alpha value is -1.69. The average Bonchev–Trinajstić information content (AvgIpc) is 2.22. The monoisotopic (exact) mass is 258 g/mol. The molecule has 0 aliphatic carbocycles. The summed E-state index contributed by atoms with van der Waals surface area (Å²) in [5.41, 5.74) is 4.07. The summed E-state index contributed by atoms with van der Waals surface area (Å²) in [5.74, 6) is -2.51. The number of halogens is 2. The van der Waals surface area contributed by atoms with E-state index in [1.165, 1.54) is 7.11 Å². The third-order valence-corrected chi connectivity index (χ3v) is 2.29. The van der Waals surface area contributed by atoms with Gasteiger partial charge in [0.15, 0.2) is 0 Å². The number of hydrogen-bond acceptors (Lipinski definition) is 3. The summed E-state index contributed by atoms with van der Waals surface area (Å²) in [6, 6.07) is 1.57. The van der Waals surface area contributed by atoms with Crippen LogP contribution in [0, 0.1) is 11.6 Å². The first-order chi connectivity index (χ1) is 8.26. The Labute approximate surface area is 104 Å². The summed E-state index contributed by atoms with van der Waals surface area (Å²) >= 11 is 0. The molecule has 0 spiro atoms. The molecule has 0 radical (unpaired) electrons. The van der Waals surface area contributed by atoms with Gasteiger partial charge in [-0.2, -0.15) is 0 Å². The van der Waals surface area contributed by atoms with E-state index in [1.807, 2.05) is 0 Å². The minimum atomic E-state index is -0.951. The first-order valence-corrected chi connectivity index (χ1v) is 5.33. The number of benzene rings is 1. The summed E-state index contributed by atoms with van der Waals surface area (Å²) in [6.07, 6.45) is 0. The molecule has 100 valence electrons.